The SMILES string of the molecule is CCC(C)C(=O)N1CCc2ccc(S(=O)(=O)N3CCN(C)CC3)cc2C1. The predicted octanol–water partition coefficient (Wildman–Crippen LogP) is 1.55. The highest BCUT2D eigenvalue weighted by molar-refractivity contribution is 7.89. The normalized spacial score (nSPS) is 20.7. The van der Waals surface area contributed by atoms with Crippen LogP contribution in [0.4, 0.5) is 0 Å². The third-order valence-corrected chi connectivity index (χ3v) is 7.53. The lowest BCUT2D eigenvalue weighted by Crippen LogP contribution is -2.47. The molecule has 1 aromatic rings. The summed E-state index contributed by atoms with van der Waals surface area (Å²) in [5.41, 5.74) is 2.11. The molecule has 1 fully saturated rings. The van der Waals surface area contributed by atoms with Crippen LogP contribution in [0.3, 0.4) is 0 Å². The van der Waals surface area contributed by atoms with Crippen LogP contribution in [-0.4, -0.2) is 68.2 Å². The number of sulfonamides is 1. The number of fused-ring (bicyclic) bond motifs is 1. The van der Waals surface area contributed by atoms with Gasteiger partial charge in [-0.15, -0.1) is 0 Å². The molecule has 0 aromatic heterocycles. The molecule has 144 valence electrons. The van der Waals surface area contributed by atoms with E-state index in [2.05, 4.69) is 4.90 Å². The zero-order valence-corrected chi connectivity index (χ0v) is 16.8. The van der Waals surface area contributed by atoms with Gasteiger partial charge >= 0.3 is 0 Å². The van der Waals surface area contributed by atoms with Crippen molar-refractivity contribution < 1.29 is 13.2 Å². The van der Waals surface area contributed by atoms with E-state index in [-0.39, 0.29) is 11.8 Å². The summed E-state index contributed by atoms with van der Waals surface area (Å²) in [5.74, 6) is 0.166. The maximum Gasteiger partial charge on any atom is 0.243 e. The van der Waals surface area contributed by atoms with Gasteiger partial charge in [-0.05, 0) is 43.1 Å². The summed E-state index contributed by atoms with van der Waals surface area (Å²) in [5, 5.41) is 0. The Hall–Kier alpha value is -1.44. The number of nitrogens with zero attached hydrogens (tertiary/aromatic N) is 3. The van der Waals surface area contributed by atoms with E-state index in [0.717, 1.165) is 37.1 Å². The number of likely N-dealkylation sites (N-methyl/N-ethyl adjacent to an activating group) is 1. The van der Waals surface area contributed by atoms with Crippen LogP contribution in [0.2, 0.25) is 0 Å². The minimum Gasteiger partial charge on any atom is -0.338 e. The summed E-state index contributed by atoms with van der Waals surface area (Å²) in [4.78, 5) is 16.8. The van der Waals surface area contributed by atoms with Crippen LogP contribution in [0, 0.1) is 5.92 Å². The van der Waals surface area contributed by atoms with Crippen molar-refractivity contribution in [3.63, 3.8) is 0 Å². The van der Waals surface area contributed by atoms with Gasteiger partial charge in [0.25, 0.3) is 0 Å². The van der Waals surface area contributed by atoms with Gasteiger partial charge in [-0.1, -0.05) is 19.9 Å². The zero-order valence-electron chi connectivity index (χ0n) is 15.9. The Bertz CT molecular complexity index is 770. The van der Waals surface area contributed by atoms with Gasteiger partial charge in [0.15, 0.2) is 0 Å². The van der Waals surface area contributed by atoms with Crippen molar-refractivity contribution in [2.75, 3.05) is 39.8 Å². The molecule has 26 heavy (non-hydrogen) atoms. The maximum atomic E-state index is 13.0. The summed E-state index contributed by atoms with van der Waals surface area (Å²) in [6.07, 6.45) is 1.60. The van der Waals surface area contributed by atoms with E-state index in [0.29, 0.717) is 31.1 Å². The van der Waals surface area contributed by atoms with Crippen LogP contribution >= 0.6 is 0 Å². The van der Waals surface area contributed by atoms with Gasteiger partial charge in [-0.3, -0.25) is 4.79 Å². The minimum absolute atomic E-state index is 0.00815. The van der Waals surface area contributed by atoms with Gasteiger partial charge in [0.1, 0.15) is 0 Å². The first-order valence-corrected chi connectivity index (χ1v) is 10.9. The Morgan fingerprint density at radius 1 is 1.12 bits per heavy atom. The Labute approximate surface area is 156 Å². The van der Waals surface area contributed by atoms with E-state index in [1.165, 1.54) is 0 Å². The first-order chi connectivity index (χ1) is 12.3. The first kappa shape index (κ1) is 19.3. The zero-order chi connectivity index (χ0) is 18.9. The smallest absolute Gasteiger partial charge is 0.243 e. The number of piperazine rings is 1. The number of hydrogen-bond donors (Lipinski definition) is 0. The average molecular weight is 380 g/mol. The van der Waals surface area contributed by atoms with Gasteiger partial charge in [0.05, 0.1) is 4.90 Å². The van der Waals surface area contributed by atoms with E-state index in [1.54, 1.807) is 16.4 Å². The number of rotatable bonds is 4. The third-order valence-electron chi connectivity index (χ3n) is 5.64. The molecule has 0 spiro atoms. The van der Waals surface area contributed by atoms with Crippen LogP contribution in [0.1, 0.15) is 31.4 Å². The molecule has 6 nitrogen and oxygen atoms in total. The molecule has 7 heteroatoms. The van der Waals surface area contributed by atoms with Crippen LogP contribution in [0.15, 0.2) is 23.1 Å². The van der Waals surface area contributed by atoms with E-state index in [1.807, 2.05) is 31.9 Å². The molecule has 1 unspecified atom stereocenters. The molecule has 0 saturated carbocycles. The maximum absolute atomic E-state index is 13.0. The number of carbonyl (C=O) groups excluding carboxylic acids is 1. The number of carbonyl (C=O) groups is 1. The molecule has 2 aliphatic rings. The second kappa shape index (κ2) is 7.66. The van der Waals surface area contributed by atoms with Gasteiger partial charge in [0.2, 0.25) is 15.9 Å². The highest BCUT2D eigenvalue weighted by Gasteiger charge is 2.29. The van der Waals surface area contributed by atoms with E-state index in [9.17, 15) is 13.2 Å². The van der Waals surface area contributed by atoms with Gasteiger partial charge in [-0.25, -0.2) is 8.42 Å². The standard InChI is InChI=1S/C19H29N3O3S/c1-4-15(2)19(23)21-8-7-16-5-6-18(13-17(16)14-21)26(24,25)22-11-9-20(3)10-12-22/h5-6,13,15H,4,7-12,14H2,1-3H3. The highest BCUT2D eigenvalue weighted by atomic mass is 32.2. The van der Waals surface area contributed by atoms with E-state index in [4.69, 9.17) is 0 Å². The molecule has 0 N–H and O–H groups in total. The van der Waals surface area contributed by atoms with Crippen molar-refractivity contribution in [2.24, 2.45) is 5.92 Å². The lowest BCUT2D eigenvalue weighted by molar-refractivity contribution is -0.136. The molecule has 0 aliphatic carbocycles. The summed E-state index contributed by atoms with van der Waals surface area (Å²) in [7, 11) is -1.47. The monoisotopic (exact) mass is 379 g/mol. The summed E-state index contributed by atoms with van der Waals surface area (Å²) in [6, 6.07) is 5.42. The lowest BCUT2D eigenvalue weighted by atomic mass is 9.98. The molecule has 2 heterocycles. The summed E-state index contributed by atoms with van der Waals surface area (Å²) < 4.78 is 27.5. The van der Waals surface area contributed by atoms with Gasteiger partial charge in [-0.2, -0.15) is 4.31 Å². The second-order valence-electron chi connectivity index (χ2n) is 7.46. The fraction of sp³-hybridized carbons (Fsp3) is 0.632. The van der Waals surface area contributed by atoms with Crippen molar-refractivity contribution in [3.8, 4) is 0 Å². The van der Waals surface area contributed by atoms with Crippen LogP contribution < -0.4 is 0 Å². The largest absolute Gasteiger partial charge is 0.338 e. The number of amides is 1. The molecule has 0 radical (unpaired) electrons. The quantitative estimate of drug-likeness (QED) is 0.796. The molecule has 1 saturated heterocycles. The lowest BCUT2D eigenvalue weighted by Gasteiger charge is -2.33. The first-order valence-electron chi connectivity index (χ1n) is 9.42. The van der Waals surface area contributed by atoms with E-state index < -0.39 is 10.0 Å². The molecule has 1 atom stereocenters. The summed E-state index contributed by atoms with van der Waals surface area (Å²) in [6.45, 7) is 7.73. The fourth-order valence-corrected chi connectivity index (χ4v) is 5.02. The van der Waals surface area contributed by atoms with Crippen molar-refractivity contribution in [1.82, 2.24) is 14.1 Å². The minimum atomic E-state index is -3.47. The van der Waals surface area contributed by atoms with Gasteiger partial charge in [0, 0.05) is 45.2 Å². The Balaban J connectivity index is 1.81. The van der Waals surface area contributed by atoms with Crippen molar-refractivity contribution >= 4 is 15.9 Å². The molecule has 1 aromatic carbocycles. The van der Waals surface area contributed by atoms with Gasteiger partial charge < -0.3 is 9.80 Å². The molecule has 0 bridgehead atoms. The summed E-state index contributed by atoms with van der Waals surface area (Å²) >= 11 is 0. The molecule has 1 amide bonds. The second-order valence-corrected chi connectivity index (χ2v) is 9.39. The Kier molecular flexibility index (Phi) is 5.69. The van der Waals surface area contributed by atoms with Crippen molar-refractivity contribution in [1.29, 1.82) is 0 Å². The van der Waals surface area contributed by atoms with E-state index >= 15 is 0 Å². The molecule has 3 rings (SSSR count). The number of benzene rings is 1. The highest BCUT2D eigenvalue weighted by Crippen LogP contribution is 2.26. The predicted molar refractivity (Wildman–Crippen MR) is 101 cm³/mol. The fourth-order valence-electron chi connectivity index (χ4n) is 3.55. The van der Waals surface area contributed by atoms with Crippen LogP contribution in [-0.2, 0) is 27.8 Å². The molecular formula is C19H29N3O3S. The molecule has 2 aliphatic heterocycles. The third kappa shape index (κ3) is 3.80. The van der Waals surface area contributed by atoms with Crippen LogP contribution in [0.25, 0.3) is 0 Å². The number of hydrogen-bond acceptors (Lipinski definition) is 4. The average Bonchev–Trinajstić information content (AvgIpc) is 2.66. The van der Waals surface area contributed by atoms with Crippen LogP contribution in [0.5, 0.6) is 0 Å². The Morgan fingerprint density at radius 2 is 1.81 bits per heavy atom. The van der Waals surface area contributed by atoms with Crippen molar-refractivity contribution in [3.05, 3.63) is 29.3 Å². The Morgan fingerprint density at radius 3 is 2.46 bits per heavy atom. The molecular weight excluding hydrogens is 350 g/mol. The van der Waals surface area contributed by atoms with Crippen molar-refractivity contribution in [2.45, 2.75) is 38.1 Å². The topological polar surface area (TPSA) is 60.9 Å².